The summed E-state index contributed by atoms with van der Waals surface area (Å²) in [5, 5.41) is 8.13. The first kappa shape index (κ1) is 14.9. The van der Waals surface area contributed by atoms with Crippen molar-refractivity contribution in [3.8, 4) is 0 Å². The first-order chi connectivity index (χ1) is 10.6. The van der Waals surface area contributed by atoms with Crippen LogP contribution in [0.2, 0.25) is 0 Å². The third kappa shape index (κ3) is 3.59. The highest BCUT2D eigenvalue weighted by atomic mass is 16.5. The van der Waals surface area contributed by atoms with Gasteiger partial charge in [-0.3, -0.25) is 9.69 Å². The number of aromatic nitrogens is 4. The van der Waals surface area contributed by atoms with E-state index in [0.717, 1.165) is 31.6 Å². The molecule has 1 aliphatic heterocycles. The molecule has 0 amide bonds. The zero-order valence-electron chi connectivity index (χ0n) is 13.0. The Morgan fingerprint density at radius 2 is 2.05 bits per heavy atom. The maximum absolute atomic E-state index is 11.8. The maximum Gasteiger partial charge on any atom is 0.266 e. The average molecular weight is 303 g/mol. The highest BCUT2D eigenvalue weighted by Crippen LogP contribution is 2.19. The van der Waals surface area contributed by atoms with E-state index in [0.29, 0.717) is 30.7 Å². The summed E-state index contributed by atoms with van der Waals surface area (Å²) in [6, 6.07) is 3.35. The molecule has 0 aromatic carbocycles. The molecule has 0 radical (unpaired) electrons. The zero-order valence-corrected chi connectivity index (χ0v) is 13.0. The SMILES string of the molecule is Cc1ccc(=O)n(CC2CCN(Cc3nc(C)no3)CC2)n1. The van der Waals surface area contributed by atoms with Gasteiger partial charge in [0.15, 0.2) is 5.82 Å². The van der Waals surface area contributed by atoms with Crippen molar-refractivity contribution in [1.29, 1.82) is 0 Å². The topological polar surface area (TPSA) is 77.0 Å². The lowest BCUT2D eigenvalue weighted by atomic mass is 9.97. The van der Waals surface area contributed by atoms with Gasteiger partial charge in [-0.1, -0.05) is 5.16 Å². The third-order valence-corrected chi connectivity index (χ3v) is 4.07. The molecule has 22 heavy (non-hydrogen) atoms. The number of likely N-dealkylation sites (tertiary alicyclic amines) is 1. The van der Waals surface area contributed by atoms with Gasteiger partial charge in [0, 0.05) is 12.6 Å². The van der Waals surface area contributed by atoms with Crippen LogP contribution >= 0.6 is 0 Å². The van der Waals surface area contributed by atoms with E-state index in [1.807, 2.05) is 13.8 Å². The van der Waals surface area contributed by atoms with E-state index in [2.05, 4.69) is 20.1 Å². The molecule has 1 saturated heterocycles. The molecule has 3 heterocycles. The van der Waals surface area contributed by atoms with Gasteiger partial charge in [0.05, 0.1) is 12.2 Å². The van der Waals surface area contributed by atoms with Crippen molar-refractivity contribution in [3.05, 3.63) is 39.9 Å². The number of hydrogen-bond acceptors (Lipinski definition) is 6. The molecular formula is C15H21N5O2. The van der Waals surface area contributed by atoms with Gasteiger partial charge in [0.1, 0.15) is 0 Å². The molecular weight excluding hydrogens is 282 g/mol. The normalized spacial score (nSPS) is 17.0. The Morgan fingerprint density at radius 1 is 1.27 bits per heavy atom. The fourth-order valence-corrected chi connectivity index (χ4v) is 2.85. The molecule has 0 saturated carbocycles. The Hall–Kier alpha value is -2.02. The Balaban J connectivity index is 1.53. The molecule has 0 N–H and O–H groups in total. The predicted octanol–water partition coefficient (Wildman–Crippen LogP) is 1.16. The smallest absolute Gasteiger partial charge is 0.266 e. The highest BCUT2D eigenvalue weighted by molar-refractivity contribution is 4.97. The predicted molar refractivity (Wildman–Crippen MR) is 80.3 cm³/mol. The molecule has 1 aliphatic rings. The standard InChI is InChI=1S/C15H21N5O2/c1-11-3-4-15(21)20(17-11)9-13-5-7-19(8-6-13)10-14-16-12(2)18-22-14/h3-4,13H,5-10H2,1-2H3. The van der Waals surface area contributed by atoms with E-state index < -0.39 is 0 Å². The Labute approximate surface area is 128 Å². The summed E-state index contributed by atoms with van der Waals surface area (Å²) in [4.78, 5) is 18.4. The van der Waals surface area contributed by atoms with Crippen molar-refractivity contribution in [3.63, 3.8) is 0 Å². The largest absolute Gasteiger partial charge is 0.338 e. The summed E-state index contributed by atoms with van der Waals surface area (Å²) < 4.78 is 6.75. The van der Waals surface area contributed by atoms with E-state index in [4.69, 9.17) is 4.52 Å². The van der Waals surface area contributed by atoms with E-state index in [-0.39, 0.29) is 5.56 Å². The van der Waals surface area contributed by atoms with Gasteiger partial charge in [0.25, 0.3) is 5.56 Å². The van der Waals surface area contributed by atoms with Crippen LogP contribution in [0, 0.1) is 19.8 Å². The lowest BCUT2D eigenvalue weighted by Crippen LogP contribution is -2.36. The quantitative estimate of drug-likeness (QED) is 0.843. The fraction of sp³-hybridized carbons (Fsp3) is 0.600. The minimum atomic E-state index is -0.0191. The summed E-state index contributed by atoms with van der Waals surface area (Å²) >= 11 is 0. The summed E-state index contributed by atoms with van der Waals surface area (Å²) in [5.74, 6) is 1.84. The maximum atomic E-state index is 11.8. The second-order valence-corrected chi connectivity index (χ2v) is 5.95. The Bertz CT molecular complexity index is 685. The van der Waals surface area contributed by atoms with E-state index >= 15 is 0 Å². The minimum Gasteiger partial charge on any atom is -0.338 e. The molecule has 2 aromatic heterocycles. The third-order valence-electron chi connectivity index (χ3n) is 4.07. The van der Waals surface area contributed by atoms with Crippen LogP contribution in [-0.2, 0) is 13.1 Å². The lowest BCUT2D eigenvalue weighted by Gasteiger charge is -2.30. The van der Waals surface area contributed by atoms with Crippen LogP contribution in [0.4, 0.5) is 0 Å². The van der Waals surface area contributed by atoms with Crippen LogP contribution in [0.15, 0.2) is 21.5 Å². The Kier molecular flexibility index (Phi) is 4.33. The van der Waals surface area contributed by atoms with Gasteiger partial charge in [-0.15, -0.1) is 0 Å². The van der Waals surface area contributed by atoms with Crippen molar-refractivity contribution < 1.29 is 4.52 Å². The summed E-state index contributed by atoms with van der Waals surface area (Å²) in [6.07, 6.45) is 2.10. The monoisotopic (exact) mass is 303 g/mol. The van der Waals surface area contributed by atoms with Crippen LogP contribution < -0.4 is 5.56 Å². The van der Waals surface area contributed by atoms with Gasteiger partial charge in [-0.05, 0) is 51.8 Å². The van der Waals surface area contributed by atoms with Crippen LogP contribution in [0.3, 0.4) is 0 Å². The van der Waals surface area contributed by atoms with Crippen molar-refractivity contribution in [2.24, 2.45) is 5.92 Å². The van der Waals surface area contributed by atoms with Crippen LogP contribution in [0.5, 0.6) is 0 Å². The zero-order chi connectivity index (χ0) is 15.5. The Morgan fingerprint density at radius 3 is 2.73 bits per heavy atom. The van der Waals surface area contributed by atoms with Crippen LogP contribution in [0.1, 0.15) is 30.3 Å². The molecule has 3 rings (SSSR count). The number of aryl methyl sites for hydroxylation is 2. The van der Waals surface area contributed by atoms with Crippen molar-refractivity contribution in [1.82, 2.24) is 24.8 Å². The van der Waals surface area contributed by atoms with E-state index in [1.165, 1.54) is 0 Å². The highest BCUT2D eigenvalue weighted by Gasteiger charge is 2.21. The summed E-state index contributed by atoms with van der Waals surface area (Å²) in [5.41, 5.74) is 0.859. The molecule has 7 heteroatoms. The number of nitrogens with zero attached hydrogens (tertiary/aromatic N) is 5. The molecule has 0 spiro atoms. The lowest BCUT2D eigenvalue weighted by molar-refractivity contribution is 0.148. The van der Waals surface area contributed by atoms with Gasteiger partial charge >= 0.3 is 0 Å². The number of hydrogen-bond donors (Lipinski definition) is 0. The second-order valence-electron chi connectivity index (χ2n) is 5.95. The minimum absolute atomic E-state index is 0.0191. The first-order valence-electron chi connectivity index (χ1n) is 7.66. The first-order valence-corrected chi connectivity index (χ1v) is 7.66. The number of rotatable bonds is 4. The van der Waals surface area contributed by atoms with Gasteiger partial charge in [-0.2, -0.15) is 10.1 Å². The van der Waals surface area contributed by atoms with E-state index in [9.17, 15) is 4.79 Å². The molecule has 1 fully saturated rings. The fourth-order valence-electron chi connectivity index (χ4n) is 2.85. The summed E-state index contributed by atoms with van der Waals surface area (Å²) in [7, 11) is 0. The van der Waals surface area contributed by atoms with Crippen molar-refractivity contribution >= 4 is 0 Å². The van der Waals surface area contributed by atoms with E-state index in [1.54, 1.807) is 16.8 Å². The molecule has 2 aromatic rings. The second kappa shape index (κ2) is 6.39. The van der Waals surface area contributed by atoms with Crippen molar-refractivity contribution in [2.45, 2.75) is 39.8 Å². The van der Waals surface area contributed by atoms with Crippen molar-refractivity contribution in [2.75, 3.05) is 13.1 Å². The van der Waals surface area contributed by atoms with Gasteiger partial charge < -0.3 is 4.52 Å². The molecule has 0 aliphatic carbocycles. The average Bonchev–Trinajstić information content (AvgIpc) is 2.90. The molecule has 7 nitrogen and oxygen atoms in total. The molecule has 0 atom stereocenters. The molecule has 118 valence electrons. The molecule has 0 unspecified atom stereocenters. The summed E-state index contributed by atoms with van der Waals surface area (Å²) in [6.45, 7) is 7.10. The number of piperidine rings is 1. The van der Waals surface area contributed by atoms with Crippen LogP contribution in [-0.4, -0.2) is 37.9 Å². The molecule has 0 bridgehead atoms. The van der Waals surface area contributed by atoms with Gasteiger partial charge in [-0.25, -0.2) is 4.68 Å². The van der Waals surface area contributed by atoms with Crippen LogP contribution in [0.25, 0.3) is 0 Å². The van der Waals surface area contributed by atoms with Gasteiger partial charge in [0.2, 0.25) is 5.89 Å².